The van der Waals surface area contributed by atoms with Gasteiger partial charge in [0.15, 0.2) is 0 Å². The third-order valence-corrected chi connectivity index (χ3v) is 3.46. The molecular formula is C10H18ClNOS. The fraction of sp³-hybridized carbons (Fsp3) is 0.900. The molecule has 0 spiro atoms. The molecule has 1 fully saturated rings. The Morgan fingerprint density at radius 2 is 2.29 bits per heavy atom. The minimum absolute atomic E-state index is 0.282. The Bertz CT molecular complexity index is 185. The fourth-order valence-electron chi connectivity index (χ4n) is 1.63. The lowest BCUT2D eigenvalue weighted by atomic mass is 9.91. The largest absolute Gasteiger partial charge is 0.338 e. The summed E-state index contributed by atoms with van der Waals surface area (Å²) < 4.78 is 0. The van der Waals surface area contributed by atoms with Gasteiger partial charge in [-0.25, -0.2) is 0 Å². The van der Waals surface area contributed by atoms with Crippen LogP contribution < -0.4 is 0 Å². The molecule has 0 heterocycles. The molecule has 1 saturated carbocycles. The third kappa shape index (κ3) is 3.35. The van der Waals surface area contributed by atoms with Crippen molar-refractivity contribution in [2.45, 2.75) is 31.7 Å². The molecule has 0 bridgehead atoms. The Morgan fingerprint density at radius 1 is 1.57 bits per heavy atom. The third-order valence-electron chi connectivity index (χ3n) is 2.68. The Labute approximate surface area is 95.4 Å². The van der Waals surface area contributed by atoms with Gasteiger partial charge in [0.1, 0.15) is 0 Å². The van der Waals surface area contributed by atoms with Gasteiger partial charge >= 0.3 is 0 Å². The smallest absolute Gasteiger partial charge is 0.223 e. The Kier molecular flexibility index (Phi) is 5.71. The van der Waals surface area contributed by atoms with Gasteiger partial charge in [-0.05, 0) is 25.5 Å². The molecule has 0 aromatic heterocycles. The molecular weight excluding hydrogens is 218 g/mol. The average molecular weight is 236 g/mol. The molecule has 0 aliphatic heterocycles. The second-order valence-electron chi connectivity index (χ2n) is 3.60. The molecule has 1 aliphatic carbocycles. The fourth-order valence-corrected chi connectivity index (χ4v) is 2.19. The summed E-state index contributed by atoms with van der Waals surface area (Å²) in [5.41, 5.74) is 0. The van der Waals surface area contributed by atoms with Crippen molar-refractivity contribution in [1.29, 1.82) is 0 Å². The van der Waals surface area contributed by atoms with Gasteiger partial charge in [0.25, 0.3) is 0 Å². The first-order valence-corrected chi connectivity index (χ1v) is 7.06. The molecule has 0 radical (unpaired) electrons. The first-order chi connectivity index (χ1) is 6.79. The molecule has 1 aliphatic rings. The summed E-state index contributed by atoms with van der Waals surface area (Å²) in [6.45, 7) is 0.722. The second kappa shape index (κ2) is 6.57. The van der Waals surface area contributed by atoms with Crippen LogP contribution in [-0.4, -0.2) is 41.3 Å². The van der Waals surface area contributed by atoms with Gasteiger partial charge in [0.05, 0.1) is 0 Å². The van der Waals surface area contributed by atoms with Crippen LogP contribution in [0.25, 0.3) is 0 Å². The first-order valence-electron chi connectivity index (χ1n) is 5.14. The Morgan fingerprint density at radius 3 is 2.71 bits per heavy atom. The second-order valence-corrected chi connectivity index (χ2v) is 4.97. The van der Waals surface area contributed by atoms with Gasteiger partial charge in [-0.2, -0.15) is 11.8 Å². The SMILES string of the molecule is CSCCC(=O)N(CCCl)C1CCC1. The molecule has 0 atom stereocenters. The highest BCUT2D eigenvalue weighted by molar-refractivity contribution is 7.98. The van der Waals surface area contributed by atoms with E-state index in [0.717, 1.165) is 12.3 Å². The maximum absolute atomic E-state index is 11.8. The lowest BCUT2D eigenvalue weighted by Crippen LogP contribution is -2.45. The van der Waals surface area contributed by atoms with E-state index in [1.54, 1.807) is 11.8 Å². The van der Waals surface area contributed by atoms with Gasteiger partial charge in [0.2, 0.25) is 5.91 Å². The van der Waals surface area contributed by atoms with E-state index in [0.29, 0.717) is 18.3 Å². The number of carbonyl (C=O) groups excluding carboxylic acids is 1. The lowest BCUT2D eigenvalue weighted by Gasteiger charge is -2.37. The van der Waals surface area contributed by atoms with Gasteiger partial charge < -0.3 is 4.90 Å². The van der Waals surface area contributed by atoms with Gasteiger partial charge in [0, 0.05) is 30.6 Å². The maximum Gasteiger partial charge on any atom is 0.223 e. The summed E-state index contributed by atoms with van der Waals surface area (Å²) in [6, 6.07) is 0.489. The van der Waals surface area contributed by atoms with Gasteiger partial charge in [-0.3, -0.25) is 4.79 Å². The molecule has 0 aromatic carbocycles. The summed E-state index contributed by atoms with van der Waals surface area (Å²) >= 11 is 7.42. The van der Waals surface area contributed by atoms with Crippen LogP contribution in [-0.2, 0) is 4.79 Å². The zero-order valence-corrected chi connectivity index (χ0v) is 10.2. The number of rotatable bonds is 6. The minimum Gasteiger partial charge on any atom is -0.338 e. The van der Waals surface area contributed by atoms with Crippen molar-refractivity contribution < 1.29 is 4.79 Å². The predicted octanol–water partition coefficient (Wildman–Crippen LogP) is 2.36. The number of carbonyl (C=O) groups is 1. The van der Waals surface area contributed by atoms with Crippen LogP contribution in [0, 0.1) is 0 Å². The van der Waals surface area contributed by atoms with E-state index in [2.05, 4.69) is 0 Å². The number of thioether (sulfide) groups is 1. The molecule has 1 amide bonds. The van der Waals surface area contributed by atoms with Crippen LogP contribution >= 0.6 is 23.4 Å². The molecule has 14 heavy (non-hydrogen) atoms. The van der Waals surface area contributed by atoms with E-state index in [4.69, 9.17) is 11.6 Å². The maximum atomic E-state index is 11.8. The molecule has 0 saturated heterocycles. The Hall–Kier alpha value is 0.110. The lowest BCUT2D eigenvalue weighted by molar-refractivity contribution is -0.134. The predicted molar refractivity (Wildman–Crippen MR) is 63.1 cm³/mol. The van der Waals surface area contributed by atoms with Crippen molar-refractivity contribution in [2.75, 3.05) is 24.4 Å². The van der Waals surface area contributed by atoms with Crippen LogP contribution in [0.3, 0.4) is 0 Å². The van der Waals surface area contributed by atoms with E-state index in [-0.39, 0.29) is 5.91 Å². The highest BCUT2D eigenvalue weighted by atomic mass is 35.5. The monoisotopic (exact) mass is 235 g/mol. The van der Waals surface area contributed by atoms with Crippen molar-refractivity contribution in [3.05, 3.63) is 0 Å². The van der Waals surface area contributed by atoms with Crippen molar-refractivity contribution in [2.24, 2.45) is 0 Å². The average Bonchev–Trinajstić information content (AvgIpc) is 2.10. The molecule has 82 valence electrons. The zero-order valence-electron chi connectivity index (χ0n) is 8.67. The van der Waals surface area contributed by atoms with E-state index in [9.17, 15) is 4.79 Å². The van der Waals surface area contributed by atoms with Crippen molar-refractivity contribution in [1.82, 2.24) is 4.90 Å². The number of halogens is 1. The van der Waals surface area contributed by atoms with Crippen molar-refractivity contribution >= 4 is 29.3 Å². The first kappa shape index (κ1) is 12.2. The van der Waals surface area contributed by atoms with E-state index in [1.165, 1.54) is 19.3 Å². The van der Waals surface area contributed by atoms with E-state index in [1.807, 2.05) is 11.2 Å². The van der Waals surface area contributed by atoms with Crippen LogP contribution in [0.5, 0.6) is 0 Å². The summed E-state index contributed by atoms with van der Waals surface area (Å²) in [5.74, 6) is 1.76. The summed E-state index contributed by atoms with van der Waals surface area (Å²) in [4.78, 5) is 13.8. The summed E-state index contributed by atoms with van der Waals surface area (Å²) in [7, 11) is 0. The van der Waals surface area contributed by atoms with Crippen LogP contribution in [0.2, 0.25) is 0 Å². The van der Waals surface area contributed by atoms with E-state index >= 15 is 0 Å². The number of alkyl halides is 1. The quantitative estimate of drug-likeness (QED) is 0.659. The zero-order chi connectivity index (χ0) is 10.4. The summed E-state index contributed by atoms with van der Waals surface area (Å²) in [5, 5.41) is 0. The molecule has 0 aromatic rings. The van der Waals surface area contributed by atoms with Crippen molar-refractivity contribution in [3.63, 3.8) is 0 Å². The number of amides is 1. The Balaban J connectivity index is 2.35. The van der Waals surface area contributed by atoms with Crippen LogP contribution in [0.4, 0.5) is 0 Å². The number of hydrogen-bond donors (Lipinski definition) is 0. The van der Waals surface area contributed by atoms with Crippen molar-refractivity contribution in [3.8, 4) is 0 Å². The molecule has 1 rings (SSSR count). The number of nitrogens with zero attached hydrogens (tertiary/aromatic N) is 1. The van der Waals surface area contributed by atoms with Gasteiger partial charge in [-0.15, -0.1) is 11.6 Å². The molecule has 0 N–H and O–H groups in total. The summed E-state index contributed by atoms with van der Waals surface area (Å²) in [6.07, 6.45) is 6.29. The highest BCUT2D eigenvalue weighted by Gasteiger charge is 2.27. The number of hydrogen-bond acceptors (Lipinski definition) is 2. The molecule has 4 heteroatoms. The highest BCUT2D eigenvalue weighted by Crippen LogP contribution is 2.25. The molecule has 0 unspecified atom stereocenters. The normalized spacial score (nSPS) is 16.4. The minimum atomic E-state index is 0.282. The topological polar surface area (TPSA) is 20.3 Å². The van der Waals surface area contributed by atoms with Gasteiger partial charge in [-0.1, -0.05) is 0 Å². The van der Waals surface area contributed by atoms with Crippen LogP contribution in [0.15, 0.2) is 0 Å². The van der Waals surface area contributed by atoms with Crippen LogP contribution in [0.1, 0.15) is 25.7 Å². The standard InChI is InChI=1S/C10H18ClNOS/c1-14-8-5-10(13)12(7-6-11)9-3-2-4-9/h9H,2-8H2,1H3. The molecule has 2 nitrogen and oxygen atoms in total. The van der Waals surface area contributed by atoms with E-state index < -0.39 is 0 Å².